The number of imidazole rings is 1. The van der Waals surface area contributed by atoms with Crippen molar-refractivity contribution in [1.29, 1.82) is 0 Å². The van der Waals surface area contributed by atoms with E-state index in [-0.39, 0.29) is 18.1 Å². The molecule has 0 saturated heterocycles. The Morgan fingerprint density at radius 1 is 1.08 bits per heavy atom. The molecule has 3 rings (SSSR count). The summed E-state index contributed by atoms with van der Waals surface area (Å²) in [7, 11) is 0. The zero-order valence-electron chi connectivity index (χ0n) is 12.3. The third kappa shape index (κ3) is 3.26. The molecule has 1 aliphatic rings. The second-order valence-corrected chi connectivity index (χ2v) is 5.54. The summed E-state index contributed by atoms with van der Waals surface area (Å²) in [5.41, 5.74) is -2.21. The number of fused-ring (bicyclic) bond motifs is 1. The van der Waals surface area contributed by atoms with Crippen molar-refractivity contribution in [2.75, 3.05) is 6.54 Å². The molecule has 0 aliphatic carbocycles. The highest BCUT2D eigenvalue weighted by Gasteiger charge is 2.38. The molecule has 0 amide bonds. The third-order valence-electron chi connectivity index (χ3n) is 3.93. The Morgan fingerprint density at radius 2 is 1.83 bits per heavy atom. The first-order valence-corrected chi connectivity index (χ1v) is 7.17. The van der Waals surface area contributed by atoms with Gasteiger partial charge in [0.25, 0.3) is 0 Å². The smallest absolute Gasteiger partial charge is 0.329 e. The highest BCUT2D eigenvalue weighted by molar-refractivity contribution is 5.38. The lowest BCUT2D eigenvalue weighted by atomic mass is 9.99. The largest absolute Gasteiger partial charge is 0.416 e. The maximum absolute atomic E-state index is 13.2. The van der Waals surface area contributed by atoms with Crippen molar-refractivity contribution in [3.05, 3.63) is 52.6 Å². The van der Waals surface area contributed by atoms with Gasteiger partial charge in [0.15, 0.2) is 0 Å². The third-order valence-corrected chi connectivity index (χ3v) is 3.93. The van der Waals surface area contributed by atoms with Gasteiger partial charge in [-0.3, -0.25) is 0 Å². The highest BCUT2D eigenvalue weighted by atomic mass is 19.4. The Hall–Kier alpha value is -2.03. The van der Waals surface area contributed by atoms with Crippen LogP contribution in [0.25, 0.3) is 0 Å². The Bertz CT molecular complexity index is 745. The molecule has 1 aromatic carbocycles. The van der Waals surface area contributed by atoms with Gasteiger partial charge >= 0.3 is 12.4 Å². The van der Waals surface area contributed by atoms with Crippen LogP contribution >= 0.6 is 0 Å². The number of hydrogen-bond acceptors (Lipinski definition) is 2. The normalized spacial score (nSPS) is 15.4. The molecule has 24 heavy (non-hydrogen) atoms. The lowest BCUT2D eigenvalue weighted by Gasteiger charge is -2.19. The first-order valence-electron chi connectivity index (χ1n) is 7.17. The fourth-order valence-electron chi connectivity index (χ4n) is 2.77. The van der Waals surface area contributed by atoms with Gasteiger partial charge in [-0.25, -0.2) is 4.98 Å². The summed E-state index contributed by atoms with van der Waals surface area (Å²) >= 11 is 0. The second-order valence-electron chi connectivity index (χ2n) is 5.54. The molecule has 1 aromatic heterocycles. The topological polar surface area (TPSA) is 29.9 Å². The van der Waals surface area contributed by atoms with Gasteiger partial charge in [-0.2, -0.15) is 26.3 Å². The minimum Gasteiger partial charge on any atom is -0.329 e. The summed E-state index contributed by atoms with van der Waals surface area (Å²) in [4.78, 5) is 4.14. The van der Waals surface area contributed by atoms with Crippen molar-refractivity contribution in [3.8, 4) is 0 Å². The van der Waals surface area contributed by atoms with Crippen LogP contribution in [0.4, 0.5) is 26.3 Å². The van der Waals surface area contributed by atoms with E-state index in [1.165, 1.54) is 6.20 Å². The van der Waals surface area contributed by atoms with Gasteiger partial charge in [0.1, 0.15) is 5.82 Å². The molecule has 0 spiro atoms. The average Bonchev–Trinajstić information content (AvgIpc) is 2.89. The van der Waals surface area contributed by atoms with Crippen LogP contribution in [0.3, 0.4) is 0 Å². The Balaban J connectivity index is 2.00. The van der Waals surface area contributed by atoms with Gasteiger partial charge in [0, 0.05) is 31.4 Å². The number of alkyl halides is 6. The van der Waals surface area contributed by atoms with Crippen LogP contribution in [-0.4, -0.2) is 16.1 Å². The van der Waals surface area contributed by atoms with Crippen molar-refractivity contribution in [2.45, 2.75) is 31.9 Å². The standard InChI is InChI=1S/C15H13F6N3/c16-14(17,18)10-2-1-9(12(6-10)15(19,20)21)5-11-7-23-13-8-22-3-4-24(11)13/h1-2,6-7,22H,3-5,8H2. The molecule has 2 aromatic rings. The van der Waals surface area contributed by atoms with E-state index in [4.69, 9.17) is 0 Å². The first-order chi connectivity index (χ1) is 11.2. The van der Waals surface area contributed by atoms with E-state index < -0.39 is 23.5 Å². The number of halogens is 6. The van der Waals surface area contributed by atoms with E-state index in [0.29, 0.717) is 37.2 Å². The molecule has 130 valence electrons. The van der Waals surface area contributed by atoms with E-state index in [9.17, 15) is 26.3 Å². The quantitative estimate of drug-likeness (QED) is 0.840. The Labute approximate surface area is 133 Å². The average molecular weight is 349 g/mol. The van der Waals surface area contributed by atoms with Crippen molar-refractivity contribution >= 4 is 0 Å². The minimum atomic E-state index is -4.86. The SMILES string of the molecule is FC(F)(F)c1ccc(Cc2cnc3n2CCNC3)c(C(F)(F)F)c1. The maximum atomic E-state index is 13.2. The van der Waals surface area contributed by atoms with Gasteiger partial charge in [-0.05, 0) is 17.7 Å². The predicted molar refractivity (Wildman–Crippen MR) is 73.2 cm³/mol. The summed E-state index contributed by atoms with van der Waals surface area (Å²) < 4.78 is 79.5. The van der Waals surface area contributed by atoms with E-state index in [2.05, 4.69) is 10.3 Å². The molecule has 0 radical (unpaired) electrons. The van der Waals surface area contributed by atoms with Crippen molar-refractivity contribution < 1.29 is 26.3 Å². The monoisotopic (exact) mass is 349 g/mol. The van der Waals surface area contributed by atoms with Crippen LogP contribution in [0.2, 0.25) is 0 Å². The molecular formula is C15H13F6N3. The van der Waals surface area contributed by atoms with Gasteiger partial charge in [0.2, 0.25) is 0 Å². The molecule has 1 aliphatic heterocycles. The summed E-state index contributed by atoms with van der Waals surface area (Å²) in [6.45, 7) is 1.74. The van der Waals surface area contributed by atoms with E-state index in [0.717, 1.165) is 6.07 Å². The lowest BCUT2D eigenvalue weighted by molar-refractivity contribution is -0.143. The molecular weight excluding hydrogens is 336 g/mol. The molecule has 0 unspecified atom stereocenters. The highest BCUT2D eigenvalue weighted by Crippen LogP contribution is 2.38. The molecule has 1 N–H and O–H groups in total. The predicted octanol–water partition coefficient (Wildman–Crippen LogP) is 3.61. The maximum Gasteiger partial charge on any atom is 0.416 e. The zero-order valence-corrected chi connectivity index (χ0v) is 12.3. The van der Waals surface area contributed by atoms with Crippen molar-refractivity contribution in [1.82, 2.24) is 14.9 Å². The van der Waals surface area contributed by atoms with Crippen molar-refractivity contribution in [2.24, 2.45) is 0 Å². The molecule has 2 heterocycles. The zero-order chi connectivity index (χ0) is 17.5. The van der Waals surface area contributed by atoms with Crippen LogP contribution < -0.4 is 5.32 Å². The Kier molecular flexibility index (Phi) is 4.06. The number of hydrogen-bond donors (Lipinski definition) is 1. The first kappa shape index (κ1) is 16.8. The van der Waals surface area contributed by atoms with Crippen LogP contribution in [0.5, 0.6) is 0 Å². The molecule has 0 atom stereocenters. The van der Waals surface area contributed by atoms with Gasteiger partial charge in [-0.15, -0.1) is 0 Å². The van der Waals surface area contributed by atoms with Crippen LogP contribution in [0.1, 0.15) is 28.2 Å². The van der Waals surface area contributed by atoms with Gasteiger partial charge < -0.3 is 9.88 Å². The molecule has 3 nitrogen and oxygen atoms in total. The van der Waals surface area contributed by atoms with Gasteiger partial charge in [-0.1, -0.05) is 6.07 Å². The number of aromatic nitrogens is 2. The van der Waals surface area contributed by atoms with Crippen LogP contribution in [0, 0.1) is 0 Å². The summed E-state index contributed by atoms with van der Waals surface area (Å²) in [6.07, 6.45) is -8.33. The lowest BCUT2D eigenvalue weighted by Crippen LogP contribution is -2.29. The summed E-state index contributed by atoms with van der Waals surface area (Å²) in [5, 5.41) is 3.09. The number of benzene rings is 1. The summed E-state index contributed by atoms with van der Waals surface area (Å²) in [5.74, 6) is 0.705. The molecule has 9 heteroatoms. The fraction of sp³-hybridized carbons (Fsp3) is 0.400. The van der Waals surface area contributed by atoms with E-state index in [1.807, 2.05) is 0 Å². The van der Waals surface area contributed by atoms with Gasteiger partial charge in [0.05, 0.1) is 17.7 Å². The van der Waals surface area contributed by atoms with Crippen LogP contribution in [-0.2, 0) is 31.9 Å². The van der Waals surface area contributed by atoms with Crippen LogP contribution in [0.15, 0.2) is 24.4 Å². The number of nitrogens with zero attached hydrogens (tertiary/aromatic N) is 2. The fourth-order valence-corrected chi connectivity index (χ4v) is 2.77. The van der Waals surface area contributed by atoms with E-state index >= 15 is 0 Å². The number of nitrogens with one attached hydrogen (secondary N) is 1. The number of rotatable bonds is 2. The Morgan fingerprint density at radius 3 is 2.50 bits per heavy atom. The molecule has 0 saturated carbocycles. The minimum absolute atomic E-state index is 0.125. The summed E-state index contributed by atoms with van der Waals surface area (Å²) in [6, 6.07) is 1.75. The molecule has 0 bridgehead atoms. The second kappa shape index (κ2) is 5.80. The molecule has 0 fully saturated rings. The van der Waals surface area contributed by atoms with E-state index in [1.54, 1.807) is 4.57 Å². The van der Waals surface area contributed by atoms with Crippen molar-refractivity contribution in [3.63, 3.8) is 0 Å².